The van der Waals surface area contributed by atoms with E-state index < -0.39 is 5.41 Å². The fourth-order valence-electron chi connectivity index (χ4n) is 2.37. The Kier molecular flexibility index (Phi) is 1.88. The highest BCUT2D eigenvalue weighted by Crippen LogP contribution is 2.38. The summed E-state index contributed by atoms with van der Waals surface area (Å²) in [5, 5.41) is 6.09. The molecule has 2 aliphatic rings. The predicted octanol–water partition coefficient (Wildman–Crippen LogP) is 0.739. The first-order valence-corrected chi connectivity index (χ1v) is 5.40. The zero-order valence-corrected chi connectivity index (χ0v) is 9.08. The highest BCUT2D eigenvalue weighted by Gasteiger charge is 2.46. The summed E-state index contributed by atoms with van der Waals surface area (Å²) in [5.74, 6) is 0.724. The molecule has 4 nitrogen and oxygen atoms in total. The number of hydrogen-bond donors (Lipinski definition) is 2. The first kappa shape index (κ1) is 9.54. The Morgan fingerprint density at radius 3 is 3.06 bits per heavy atom. The van der Waals surface area contributed by atoms with Gasteiger partial charge in [0.1, 0.15) is 11.2 Å². The summed E-state index contributed by atoms with van der Waals surface area (Å²) in [6.45, 7) is 3.39. The second-order valence-corrected chi connectivity index (χ2v) is 4.31. The molecule has 0 aliphatic carbocycles. The van der Waals surface area contributed by atoms with E-state index in [1.54, 1.807) is 0 Å². The molecule has 1 atom stereocenters. The molecule has 0 saturated carbocycles. The molecule has 1 spiro atoms. The first-order valence-electron chi connectivity index (χ1n) is 5.40. The van der Waals surface area contributed by atoms with Crippen molar-refractivity contribution in [2.45, 2.75) is 12.3 Å². The number of nitrogens with one attached hydrogen (secondary N) is 2. The van der Waals surface area contributed by atoms with Gasteiger partial charge in [-0.15, -0.1) is 0 Å². The molecule has 1 unspecified atom stereocenters. The quantitative estimate of drug-likeness (QED) is 0.628. The van der Waals surface area contributed by atoms with Gasteiger partial charge in [-0.25, -0.2) is 4.98 Å². The first-order chi connectivity index (χ1) is 7.72. The third-order valence-electron chi connectivity index (χ3n) is 3.22. The van der Waals surface area contributed by atoms with Gasteiger partial charge in [0.15, 0.2) is 0 Å². The van der Waals surface area contributed by atoms with Gasteiger partial charge in [0.05, 0.1) is 0 Å². The van der Waals surface area contributed by atoms with Crippen molar-refractivity contribution in [3.63, 3.8) is 0 Å². The van der Waals surface area contributed by atoms with Gasteiger partial charge in [-0.3, -0.25) is 4.79 Å². The maximum Gasteiger partial charge on any atom is 0.241 e. The number of anilines is 1. The minimum atomic E-state index is -0.547. The number of hydrogen-bond acceptors (Lipinski definition) is 3. The molecule has 1 amide bonds. The Morgan fingerprint density at radius 2 is 2.31 bits per heavy atom. The lowest BCUT2D eigenvalue weighted by Gasteiger charge is -2.26. The number of pyridine rings is 1. The van der Waals surface area contributed by atoms with Gasteiger partial charge >= 0.3 is 0 Å². The number of carbonyl (C=O) groups excluding carboxylic acids is 1. The largest absolute Gasteiger partial charge is 0.312 e. The van der Waals surface area contributed by atoms with Crippen molar-refractivity contribution in [3.05, 3.63) is 35.5 Å². The number of nitrogens with zero attached hydrogens (tertiary/aromatic N) is 1. The van der Waals surface area contributed by atoms with Crippen LogP contribution >= 0.6 is 0 Å². The molecule has 0 fully saturated rings. The van der Waals surface area contributed by atoms with E-state index >= 15 is 0 Å². The van der Waals surface area contributed by atoms with Gasteiger partial charge in [0.25, 0.3) is 0 Å². The summed E-state index contributed by atoms with van der Waals surface area (Å²) in [4.78, 5) is 16.4. The number of fused-ring (bicyclic) bond motifs is 2. The molecule has 2 N–H and O–H groups in total. The minimum Gasteiger partial charge on any atom is -0.312 e. The van der Waals surface area contributed by atoms with E-state index in [9.17, 15) is 4.79 Å². The van der Waals surface area contributed by atoms with E-state index in [2.05, 4.69) is 15.6 Å². The molecule has 3 rings (SSSR count). The Labute approximate surface area is 93.8 Å². The Hall–Kier alpha value is -1.68. The predicted molar refractivity (Wildman–Crippen MR) is 61.3 cm³/mol. The number of aryl methyl sites for hydroxylation is 1. The van der Waals surface area contributed by atoms with Crippen LogP contribution in [0.3, 0.4) is 0 Å². The molecule has 1 aromatic heterocycles. The van der Waals surface area contributed by atoms with Crippen LogP contribution in [0.2, 0.25) is 0 Å². The lowest BCUT2D eigenvalue weighted by atomic mass is 9.80. The van der Waals surface area contributed by atoms with Crippen LogP contribution in [0.4, 0.5) is 5.82 Å². The summed E-state index contributed by atoms with van der Waals surface area (Å²) >= 11 is 0. The molecule has 0 aromatic carbocycles. The lowest BCUT2D eigenvalue weighted by molar-refractivity contribution is -0.119. The van der Waals surface area contributed by atoms with E-state index in [0.29, 0.717) is 12.4 Å². The van der Waals surface area contributed by atoms with Gasteiger partial charge in [-0.1, -0.05) is 18.2 Å². The van der Waals surface area contributed by atoms with Gasteiger partial charge in [-0.05, 0) is 13.0 Å². The fourth-order valence-corrected chi connectivity index (χ4v) is 2.37. The molecule has 0 radical (unpaired) electrons. The van der Waals surface area contributed by atoms with Crippen LogP contribution in [0.25, 0.3) is 0 Å². The average molecular weight is 215 g/mol. The van der Waals surface area contributed by atoms with Crippen molar-refractivity contribution in [2.75, 3.05) is 18.4 Å². The van der Waals surface area contributed by atoms with Gasteiger partial charge in [0, 0.05) is 24.3 Å². The highest BCUT2D eigenvalue weighted by atomic mass is 16.2. The second-order valence-electron chi connectivity index (χ2n) is 4.31. The summed E-state index contributed by atoms with van der Waals surface area (Å²) in [5.41, 5.74) is 1.35. The highest BCUT2D eigenvalue weighted by molar-refractivity contribution is 6.07. The molecule has 1 aromatic rings. The molecule has 0 saturated heterocycles. The number of rotatable bonds is 0. The Balaban J connectivity index is 2.19. The van der Waals surface area contributed by atoms with Crippen molar-refractivity contribution in [1.29, 1.82) is 0 Å². The van der Waals surface area contributed by atoms with Gasteiger partial charge in [-0.2, -0.15) is 0 Å². The van der Waals surface area contributed by atoms with Crippen LogP contribution in [0.15, 0.2) is 24.3 Å². The van der Waals surface area contributed by atoms with Crippen molar-refractivity contribution in [3.8, 4) is 0 Å². The van der Waals surface area contributed by atoms with Crippen LogP contribution < -0.4 is 10.6 Å². The van der Waals surface area contributed by atoms with Crippen molar-refractivity contribution in [2.24, 2.45) is 0 Å². The third kappa shape index (κ3) is 1.13. The topological polar surface area (TPSA) is 54.0 Å². The zero-order valence-electron chi connectivity index (χ0n) is 9.08. The zero-order chi connectivity index (χ0) is 11.2. The van der Waals surface area contributed by atoms with E-state index in [0.717, 1.165) is 17.8 Å². The van der Waals surface area contributed by atoms with Crippen molar-refractivity contribution >= 4 is 11.7 Å². The van der Waals surface area contributed by atoms with Gasteiger partial charge in [0.2, 0.25) is 5.91 Å². The van der Waals surface area contributed by atoms with E-state index in [-0.39, 0.29) is 5.91 Å². The normalized spacial score (nSPS) is 26.9. The maximum absolute atomic E-state index is 12.1. The summed E-state index contributed by atoms with van der Waals surface area (Å²) in [6.07, 6.45) is 3.99. The van der Waals surface area contributed by atoms with Crippen LogP contribution in [0, 0.1) is 6.92 Å². The van der Waals surface area contributed by atoms with E-state index in [1.165, 1.54) is 0 Å². The molecule has 82 valence electrons. The number of carbonyl (C=O) groups is 1. The van der Waals surface area contributed by atoms with Crippen LogP contribution in [-0.4, -0.2) is 24.0 Å². The smallest absolute Gasteiger partial charge is 0.241 e. The fraction of sp³-hybridized carbons (Fsp3) is 0.333. The number of amides is 1. The lowest BCUT2D eigenvalue weighted by Crippen LogP contribution is -2.44. The van der Waals surface area contributed by atoms with Gasteiger partial charge < -0.3 is 10.6 Å². The van der Waals surface area contributed by atoms with E-state index in [4.69, 9.17) is 0 Å². The van der Waals surface area contributed by atoms with Crippen LogP contribution in [0.1, 0.15) is 11.3 Å². The SMILES string of the molecule is Cc1ccc2c(n1)NC(=O)C21C=CCNC1. The molecular formula is C12H13N3O. The summed E-state index contributed by atoms with van der Waals surface area (Å²) in [6, 6.07) is 3.94. The Morgan fingerprint density at radius 1 is 1.44 bits per heavy atom. The molecule has 0 bridgehead atoms. The summed E-state index contributed by atoms with van der Waals surface area (Å²) < 4.78 is 0. The molecule has 16 heavy (non-hydrogen) atoms. The summed E-state index contributed by atoms with van der Waals surface area (Å²) in [7, 11) is 0. The molecular weight excluding hydrogens is 202 g/mol. The molecule has 4 heteroatoms. The Bertz CT molecular complexity index is 495. The average Bonchev–Trinajstić information content (AvgIpc) is 2.53. The van der Waals surface area contributed by atoms with Crippen molar-refractivity contribution in [1.82, 2.24) is 10.3 Å². The molecule has 3 heterocycles. The van der Waals surface area contributed by atoms with Crippen LogP contribution in [0.5, 0.6) is 0 Å². The number of aromatic nitrogens is 1. The minimum absolute atomic E-state index is 0.0176. The molecule has 2 aliphatic heterocycles. The second kappa shape index (κ2) is 3.15. The maximum atomic E-state index is 12.1. The monoisotopic (exact) mass is 215 g/mol. The van der Waals surface area contributed by atoms with Crippen LogP contribution in [-0.2, 0) is 10.2 Å². The van der Waals surface area contributed by atoms with Crippen molar-refractivity contribution < 1.29 is 4.79 Å². The van der Waals surface area contributed by atoms with E-state index in [1.807, 2.05) is 31.2 Å². The third-order valence-corrected chi connectivity index (χ3v) is 3.22. The standard InChI is InChI=1S/C12H13N3O/c1-8-3-4-9-10(14-8)15-11(16)12(9)5-2-6-13-7-12/h2-5,13H,6-7H2,1H3,(H,14,15,16).